The number of piperidine rings is 1. The number of hydrogen-bond acceptors (Lipinski definition) is 4. The molecule has 5 rings (SSSR count). The number of nitrogens with zero attached hydrogens (tertiary/aromatic N) is 4. The van der Waals surface area contributed by atoms with Gasteiger partial charge >= 0.3 is 0 Å². The normalized spacial score (nSPS) is 14.6. The minimum absolute atomic E-state index is 0.00409. The third-order valence-corrected chi connectivity index (χ3v) is 6.64. The van der Waals surface area contributed by atoms with Gasteiger partial charge in [-0.25, -0.2) is 4.98 Å². The summed E-state index contributed by atoms with van der Waals surface area (Å²) in [5, 5.41) is 9.24. The monoisotopic (exact) mass is 501 g/mol. The number of likely N-dealkylation sites (tertiary alicyclic amines) is 1. The second-order valence-electron chi connectivity index (χ2n) is 8.47. The molecule has 0 aliphatic carbocycles. The molecule has 3 heterocycles. The fourth-order valence-electron chi connectivity index (χ4n) is 4.23. The summed E-state index contributed by atoms with van der Waals surface area (Å²) >= 11 is 12.4. The van der Waals surface area contributed by atoms with Crippen LogP contribution in [-0.4, -0.2) is 52.4 Å². The number of hydrogen-bond donors (Lipinski definition) is 1. The molecule has 35 heavy (non-hydrogen) atoms. The average Bonchev–Trinajstić information content (AvgIpc) is 3.24. The predicted molar refractivity (Wildman–Crippen MR) is 143 cm³/mol. The maximum Gasteiger partial charge on any atom is 0.246 e. The molecule has 2 radical (unpaired) electrons. The molecule has 0 spiro atoms. The minimum Gasteiger partial charge on any atom is -0.367 e. The van der Waals surface area contributed by atoms with E-state index in [0.29, 0.717) is 34.2 Å². The minimum atomic E-state index is -0.00409. The quantitative estimate of drug-likeness (QED) is 0.320. The highest BCUT2D eigenvalue weighted by Gasteiger charge is 2.23. The number of benzene rings is 2. The topological polar surface area (TPSA) is 62.5 Å². The Kier molecular flexibility index (Phi) is 6.80. The lowest BCUT2D eigenvalue weighted by atomic mass is 10.0. The number of anilines is 1. The molecule has 6 nitrogen and oxygen atoms in total. The number of rotatable bonds is 5. The van der Waals surface area contributed by atoms with Gasteiger partial charge < -0.3 is 10.2 Å². The highest BCUT2D eigenvalue weighted by atomic mass is 35.5. The van der Waals surface area contributed by atoms with Crippen LogP contribution in [0.25, 0.3) is 23.0 Å². The van der Waals surface area contributed by atoms with E-state index >= 15 is 0 Å². The summed E-state index contributed by atoms with van der Waals surface area (Å²) in [6, 6.07) is 17.1. The number of carbonyl (C=O) groups excluding carboxylic acids is 1. The van der Waals surface area contributed by atoms with Crippen LogP contribution in [-0.2, 0) is 4.79 Å². The second kappa shape index (κ2) is 10.1. The predicted octanol–water partition coefficient (Wildman–Crippen LogP) is 4.61. The van der Waals surface area contributed by atoms with E-state index in [2.05, 4.69) is 15.4 Å². The Balaban J connectivity index is 1.29. The molecule has 174 valence electrons. The maximum atomic E-state index is 12.7. The van der Waals surface area contributed by atoms with Gasteiger partial charge in [-0.05, 0) is 48.1 Å². The largest absolute Gasteiger partial charge is 0.367 e. The zero-order chi connectivity index (χ0) is 24.4. The Morgan fingerprint density at radius 3 is 2.66 bits per heavy atom. The van der Waals surface area contributed by atoms with Gasteiger partial charge in [-0.15, -0.1) is 0 Å². The lowest BCUT2D eigenvalue weighted by Gasteiger charge is -2.32. The van der Waals surface area contributed by atoms with Crippen LogP contribution < -0.4 is 10.8 Å². The molecule has 1 aliphatic rings. The number of halogens is 2. The van der Waals surface area contributed by atoms with Crippen LogP contribution in [0.4, 0.5) is 5.82 Å². The fourth-order valence-corrected chi connectivity index (χ4v) is 4.66. The first kappa shape index (κ1) is 23.5. The highest BCUT2D eigenvalue weighted by Crippen LogP contribution is 2.29. The first-order chi connectivity index (χ1) is 17.0. The molecule has 2 aromatic carbocycles. The van der Waals surface area contributed by atoms with E-state index in [1.54, 1.807) is 22.9 Å². The van der Waals surface area contributed by atoms with Crippen LogP contribution in [0, 0.1) is 0 Å². The number of nitrogens with one attached hydrogen (secondary N) is 1. The van der Waals surface area contributed by atoms with Gasteiger partial charge in [0.25, 0.3) is 0 Å². The van der Waals surface area contributed by atoms with Gasteiger partial charge in [-0.3, -0.25) is 4.79 Å². The molecular formula is C26H22BCl2N5O. The zero-order valence-electron chi connectivity index (χ0n) is 18.9. The number of fused-ring (bicyclic) bond motifs is 1. The van der Waals surface area contributed by atoms with E-state index in [4.69, 9.17) is 31.0 Å². The molecule has 0 atom stereocenters. The summed E-state index contributed by atoms with van der Waals surface area (Å²) in [5.41, 5.74) is 3.51. The van der Waals surface area contributed by atoms with Crippen molar-refractivity contribution < 1.29 is 4.79 Å². The Labute approximate surface area is 215 Å². The van der Waals surface area contributed by atoms with E-state index in [0.717, 1.165) is 35.5 Å². The van der Waals surface area contributed by atoms with Crippen LogP contribution in [0.5, 0.6) is 0 Å². The van der Waals surface area contributed by atoms with E-state index in [1.165, 1.54) is 0 Å². The van der Waals surface area contributed by atoms with Crippen molar-refractivity contribution in [3.63, 3.8) is 0 Å². The van der Waals surface area contributed by atoms with Crippen LogP contribution >= 0.6 is 23.2 Å². The van der Waals surface area contributed by atoms with Crippen LogP contribution in [0.1, 0.15) is 18.4 Å². The van der Waals surface area contributed by atoms with Crippen molar-refractivity contribution in [1.29, 1.82) is 0 Å². The molecule has 0 bridgehead atoms. The van der Waals surface area contributed by atoms with Crippen molar-refractivity contribution in [1.82, 2.24) is 19.5 Å². The van der Waals surface area contributed by atoms with Crippen molar-refractivity contribution in [3.8, 4) is 11.3 Å². The molecule has 1 amide bonds. The number of amides is 1. The van der Waals surface area contributed by atoms with E-state index < -0.39 is 0 Å². The van der Waals surface area contributed by atoms with Crippen LogP contribution in [0.2, 0.25) is 10.0 Å². The molecule has 0 saturated carbocycles. The van der Waals surface area contributed by atoms with Crippen LogP contribution in [0.3, 0.4) is 0 Å². The van der Waals surface area contributed by atoms with Gasteiger partial charge in [-0.1, -0.05) is 53.5 Å². The summed E-state index contributed by atoms with van der Waals surface area (Å²) in [5.74, 6) is 0.780. The van der Waals surface area contributed by atoms with Crippen molar-refractivity contribution in [2.24, 2.45) is 0 Å². The summed E-state index contributed by atoms with van der Waals surface area (Å²) in [6.45, 7) is 1.31. The summed E-state index contributed by atoms with van der Waals surface area (Å²) in [6.07, 6.45) is 6.60. The standard InChI is InChI=1S/C26H22BCl2N5O/c27-21-16-30-34-24(15-23(32-26(21)34)20-6-1-2-7-22(20)29)31-19-10-12-33(13-11-19)25(35)9-8-17-4-3-5-18(28)14-17/h1-9,14-16,19,31H,10-13H2/b9-8+. The second-order valence-corrected chi connectivity index (χ2v) is 9.32. The Morgan fingerprint density at radius 1 is 1.09 bits per heavy atom. The molecule has 4 aromatic rings. The van der Waals surface area contributed by atoms with Crippen molar-refractivity contribution in [2.45, 2.75) is 18.9 Å². The molecule has 2 aromatic heterocycles. The zero-order valence-corrected chi connectivity index (χ0v) is 20.4. The summed E-state index contributed by atoms with van der Waals surface area (Å²) in [4.78, 5) is 19.2. The molecule has 1 fully saturated rings. The molecule has 0 unspecified atom stereocenters. The van der Waals surface area contributed by atoms with Gasteiger partial charge in [0.15, 0.2) is 5.65 Å². The number of carbonyl (C=O) groups is 1. The van der Waals surface area contributed by atoms with E-state index in [-0.39, 0.29) is 11.9 Å². The third-order valence-electron chi connectivity index (χ3n) is 6.07. The first-order valence-electron chi connectivity index (χ1n) is 11.4. The fraction of sp³-hybridized carbons (Fsp3) is 0.192. The first-order valence-corrected chi connectivity index (χ1v) is 12.1. The van der Waals surface area contributed by atoms with Crippen molar-refractivity contribution in [3.05, 3.63) is 82.5 Å². The Bertz CT molecular complexity index is 1410. The molecular weight excluding hydrogens is 480 g/mol. The molecule has 1 aliphatic heterocycles. The van der Waals surface area contributed by atoms with E-state index in [1.807, 2.05) is 59.5 Å². The SMILES string of the molecule is [B]c1cnn2c(NC3CCN(C(=O)/C=C/c4cccc(Cl)c4)CC3)cc(-c3ccccc3Cl)nc12. The Hall–Kier alpha value is -3.29. The summed E-state index contributed by atoms with van der Waals surface area (Å²) in [7, 11) is 6.13. The lowest BCUT2D eigenvalue weighted by Crippen LogP contribution is -2.42. The van der Waals surface area contributed by atoms with Crippen LogP contribution in [0.15, 0.2) is 66.9 Å². The van der Waals surface area contributed by atoms with Gasteiger partial charge in [0.2, 0.25) is 5.91 Å². The van der Waals surface area contributed by atoms with Crippen molar-refractivity contribution >= 4 is 60.0 Å². The lowest BCUT2D eigenvalue weighted by molar-refractivity contribution is -0.126. The number of aromatic nitrogens is 3. The van der Waals surface area contributed by atoms with E-state index in [9.17, 15) is 4.79 Å². The third kappa shape index (κ3) is 5.21. The molecule has 9 heteroatoms. The van der Waals surface area contributed by atoms with Gasteiger partial charge in [0, 0.05) is 53.1 Å². The highest BCUT2D eigenvalue weighted by molar-refractivity contribution is 6.36. The van der Waals surface area contributed by atoms with Gasteiger partial charge in [-0.2, -0.15) is 9.61 Å². The average molecular weight is 502 g/mol. The Morgan fingerprint density at radius 2 is 1.89 bits per heavy atom. The van der Waals surface area contributed by atoms with Crippen molar-refractivity contribution in [2.75, 3.05) is 18.4 Å². The van der Waals surface area contributed by atoms with Gasteiger partial charge in [0.05, 0.1) is 5.69 Å². The summed E-state index contributed by atoms with van der Waals surface area (Å²) < 4.78 is 1.71. The smallest absolute Gasteiger partial charge is 0.246 e. The molecule has 1 saturated heterocycles. The molecule has 1 N–H and O–H groups in total. The van der Waals surface area contributed by atoms with Gasteiger partial charge in [0.1, 0.15) is 13.7 Å². The maximum absolute atomic E-state index is 12.7.